The van der Waals surface area contributed by atoms with Crippen molar-refractivity contribution < 1.29 is 9.53 Å². The molecule has 0 radical (unpaired) electrons. The molecule has 2 N–H and O–H groups in total. The molecule has 8 nitrogen and oxygen atoms in total. The van der Waals surface area contributed by atoms with Gasteiger partial charge in [-0.1, -0.05) is 30.3 Å². The highest BCUT2D eigenvalue weighted by molar-refractivity contribution is 5.93. The first-order valence-electron chi connectivity index (χ1n) is 9.02. The molecule has 2 aliphatic rings. The molecule has 27 heavy (non-hydrogen) atoms. The number of aromatic amines is 1. The van der Waals surface area contributed by atoms with Gasteiger partial charge in [0.15, 0.2) is 0 Å². The van der Waals surface area contributed by atoms with Gasteiger partial charge in [0.05, 0.1) is 12.7 Å². The van der Waals surface area contributed by atoms with E-state index in [0.717, 1.165) is 18.5 Å². The number of carbonyl (C=O) groups excluding carboxylic acids is 1. The third kappa shape index (κ3) is 3.58. The van der Waals surface area contributed by atoms with Gasteiger partial charge >= 0.3 is 5.69 Å². The molecular weight excluding hydrogens is 348 g/mol. The monoisotopic (exact) mass is 370 g/mol. The Hall–Kier alpha value is -2.71. The van der Waals surface area contributed by atoms with E-state index in [9.17, 15) is 14.4 Å². The lowest BCUT2D eigenvalue weighted by atomic mass is 10.1. The lowest BCUT2D eigenvalue weighted by Gasteiger charge is -2.35. The number of aromatic nitrogens is 2. The van der Waals surface area contributed by atoms with Crippen LogP contribution in [-0.4, -0.2) is 52.1 Å². The van der Waals surface area contributed by atoms with Crippen LogP contribution in [0.5, 0.6) is 0 Å². The molecule has 142 valence electrons. The predicted octanol–water partition coefficient (Wildman–Crippen LogP) is 0.0178. The molecule has 3 atom stereocenters. The third-order valence-corrected chi connectivity index (χ3v) is 5.28. The van der Waals surface area contributed by atoms with E-state index in [0.29, 0.717) is 13.2 Å². The number of amides is 1. The number of nitrogens with one attached hydrogen (secondary N) is 2. The van der Waals surface area contributed by atoms with Crippen molar-refractivity contribution in [2.45, 2.75) is 24.6 Å². The third-order valence-electron chi connectivity index (χ3n) is 5.28. The van der Waals surface area contributed by atoms with Crippen molar-refractivity contribution in [2.24, 2.45) is 7.05 Å². The number of hydrogen-bond acceptors (Lipinski definition) is 5. The van der Waals surface area contributed by atoms with E-state index < -0.39 is 17.2 Å². The van der Waals surface area contributed by atoms with Gasteiger partial charge in [0, 0.05) is 38.4 Å². The molecule has 2 fully saturated rings. The van der Waals surface area contributed by atoms with Gasteiger partial charge in [-0.2, -0.15) is 0 Å². The van der Waals surface area contributed by atoms with Crippen molar-refractivity contribution in [3.63, 3.8) is 0 Å². The van der Waals surface area contributed by atoms with E-state index in [1.54, 1.807) is 0 Å². The lowest BCUT2D eigenvalue weighted by molar-refractivity contribution is -0.0502. The second-order valence-electron chi connectivity index (χ2n) is 7.16. The molecule has 1 amide bonds. The Kier molecular flexibility index (Phi) is 4.67. The highest BCUT2D eigenvalue weighted by atomic mass is 16.5. The highest BCUT2D eigenvalue weighted by Gasteiger charge is 2.38. The molecule has 0 saturated carbocycles. The van der Waals surface area contributed by atoms with Gasteiger partial charge in [-0.05, 0) is 12.0 Å². The van der Waals surface area contributed by atoms with Crippen LogP contribution in [0.15, 0.2) is 46.1 Å². The number of carbonyl (C=O) groups is 1. The first-order chi connectivity index (χ1) is 13.0. The number of fused-ring (bicyclic) bond motifs is 1. The summed E-state index contributed by atoms with van der Waals surface area (Å²) in [5, 5.41) is 2.92. The minimum absolute atomic E-state index is 0.0309. The SMILES string of the molecule is Cn1cc(C(=O)N[C@H]2C[C@H]3CO[C@@H](c4ccccc4)CN3C2)c(=O)[nH]c1=O. The average molecular weight is 370 g/mol. The number of hydrogen-bond donors (Lipinski definition) is 2. The van der Waals surface area contributed by atoms with Gasteiger partial charge in [0.2, 0.25) is 0 Å². The molecule has 2 aromatic rings. The van der Waals surface area contributed by atoms with E-state index in [1.165, 1.54) is 17.8 Å². The zero-order valence-corrected chi connectivity index (χ0v) is 15.1. The maximum atomic E-state index is 12.5. The van der Waals surface area contributed by atoms with Gasteiger partial charge in [-0.25, -0.2) is 4.79 Å². The summed E-state index contributed by atoms with van der Waals surface area (Å²) in [6.07, 6.45) is 2.08. The van der Waals surface area contributed by atoms with Crippen LogP contribution in [0.2, 0.25) is 0 Å². The zero-order chi connectivity index (χ0) is 19.0. The summed E-state index contributed by atoms with van der Waals surface area (Å²) in [4.78, 5) is 40.3. The van der Waals surface area contributed by atoms with Gasteiger partial charge in [0.25, 0.3) is 11.5 Å². The fourth-order valence-corrected chi connectivity index (χ4v) is 3.84. The Morgan fingerprint density at radius 1 is 1.22 bits per heavy atom. The first-order valence-corrected chi connectivity index (χ1v) is 9.02. The van der Waals surface area contributed by atoms with Crippen molar-refractivity contribution in [3.8, 4) is 0 Å². The van der Waals surface area contributed by atoms with Crippen LogP contribution in [0.1, 0.15) is 28.4 Å². The van der Waals surface area contributed by atoms with Gasteiger partial charge in [-0.15, -0.1) is 0 Å². The Morgan fingerprint density at radius 3 is 2.78 bits per heavy atom. The number of benzene rings is 1. The van der Waals surface area contributed by atoms with E-state index in [1.807, 2.05) is 18.2 Å². The number of aryl methyl sites for hydroxylation is 1. The summed E-state index contributed by atoms with van der Waals surface area (Å²) >= 11 is 0. The summed E-state index contributed by atoms with van der Waals surface area (Å²) in [5.41, 5.74) is -0.113. The highest BCUT2D eigenvalue weighted by Crippen LogP contribution is 2.30. The van der Waals surface area contributed by atoms with Crippen molar-refractivity contribution in [3.05, 3.63) is 68.5 Å². The zero-order valence-electron chi connectivity index (χ0n) is 15.1. The summed E-state index contributed by atoms with van der Waals surface area (Å²) < 4.78 is 7.20. The molecule has 4 rings (SSSR count). The van der Waals surface area contributed by atoms with Crippen molar-refractivity contribution in [2.75, 3.05) is 19.7 Å². The van der Waals surface area contributed by atoms with Crippen LogP contribution in [-0.2, 0) is 11.8 Å². The summed E-state index contributed by atoms with van der Waals surface area (Å²) in [6, 6.07) is 10.3. The molecule has 0 unspecified atom stereocenters. The maximum absolute atomic E-state index is 12.5. The van der Waals surface area contributed by atoms with Crippen LogP contribution in [0.3, 0.4) is 0 Å². The van der Waals surface area contributed by atoms with Gasteiger partial charge in [-0.3, -0.25) is 19.5 Å². The molecule has 1 aromatic carbocycles. The van der Waals surface area contributed by atoms with Crippen LogP contribution in [0.4, 0.5) is 0 Å². The molecule has 1 aromatic heterocycles. The summed E-state index contributed by atoms with van der Waals surface area (Å²) in [5.74, 6) is -0.461. The van der Waals surface area contributed by atoms with Crippen molar-refractivity contribution >= 4 is 5.91 Å². The van der Waals surface area contributed by atoms with E-state index in [2.05, 4.69) is 27.3 Å². The summed E-state index contributed by atoms with van der Waals surface area (Å²) in [7, 11) is 1.49. The van der Waals surface area contributed by atoms with Crippen LogP contribution < -0.4 is 16.6 Å². The molecule has 0 bridgehead atoms. The minimum atomic E-state index is -0.668. The maximum Gasteiger partial charge on any atom is 0.328 e. The minimum Gasteiger partial charge on any atom is -0.371 e. The second-order valence-corrected chi connectivity index (χ2v) is 7.16. The fraction of sp³-hybridized carbons (Fsp3) is 0.421. The molecular formula is C19H22N4O4. The molecule has 3 heterocycles. The van der Waals surface area contributed by atoms with Crippen LogP contribution >= 0.6 is 0 Å². The Bertz CT molecular complexity index is 952. The fourth-order valence-electron chi connectivity index (χ4n) is 3.84. The number of morpholine rings is 1. The number of nitrogens with zero attached hydrogens (tertiary/aromatic N) is 2. The molecule has 2 saturated heterocycles. The number of H-pyrrole nitrogens is 1. The Labute approximate surface area is 155 Å². The Balaban J connectivity index is 1.41. The average Bonchev–Trinajstić information content (AvgIpc) is 3.06. The van der Waals surface area contributed by atoms with Gasteiger partial charge < -0.3 is 14.6 Å². The van der Waals surface area contributed by atoms with Crippen molar-refractivity contribution in [1.82, 2.24) is 19.8 Å². The van der Waals surface area contributed by atoms with Crippen molar-refractivity contribution in [1.29, 1.82) is 0 Å². The number of rotatable bonds is 3. The van der Waals surface area contributed by atoms with Crippen LogP contribution in [0.25, 0.3) is 0 Å². The topological polar surface area (TPSA) is 96.4 Å². The van der Waals surface area contributed by atoms with Crippen LogP contribution in [0, 0.1) is 0 Å². The predicted molar refractivity (Wildman–Crippen MR) is 98.7 cm³/mol. The molecule has 8 heteroatoms. The van der Waals surface area contributed by atoms with E-state index in [4.69, 9.17) is 4.74 Å². The molecule has 0 spiro atoms. The Morgan fingerprint density at radius 2 is 2.00 bits per heavy atom. The standard InChI is InChI=1S/C19H22N4O4/c1-22-9-15(18(25)21-19(22)26)17(24)20-13-7-14-11-27-16(10-23(14)8-13)12-5-3-2-4-6-12/h2-6,9,13-14,16H,7-8,10-11H2,1H3,(H,20,24)(H,21,25,26)/t13-,14-,16+/m0/s1. The quantitative estimate of drug-likeness (QED) is 0.794. The lowest BCUT2D eigenvalue weighted by Crippen LogP contribution is -2.43. The smallest absolute Gasteiger partial charge is 0.328 e. The molecule has 0 aliphatic carbocycles. The first kappa shape index (κ1) is 17.7. The largest absolute Gasteiger partial charge is 0.371 e. The summed E-state index contributed by atoms with van der Waals surface area (Å²) in [6.45, 7) is 2.11. The second kappa shape index (κ2) is 7.13. The molecule has 2 aliphatic heterocycles. The van der Waals surface area contributed by atoms with Gasteiger partial charge in [0.1, 0.15) is 5.56 Å². The van der Waals surface area contributed by atoms with E-state index >= 15 is 0 Å². The van der Waals surface area contributed by atoms with E-state index in [-0.39, 0.29) is 23.8 Å². The number of ether oxygens (including phenoxy) is 1. The normalized spacial score (nSPS) is 25.1.